The lowest BCUT2D eigenvalue weighted by atomic mass is 10.1. The third kappa shape index (κ3) is 2.56. The van der Waals surface area contributed by atoms with E-state index in [4.69, 9.17) is 5.11 Å². The van der Waals surface area contributed by atoms with E-state index in [2.05, 4.69) is 10.3 Å². The van der Waals surface area contributed by atoms with Crippen LogP contribution >= 0.6 is 0 Å². The molecule has 1 aromatic heterocycles. The first-order valence-corrected chi connectivity index (χ1v) is 5.70. The largest absolute Gasteiger partial charge is 0.478 e. The molecule has 0 radical (unpaired) electrons. The van der Waals surface area contributed by atoms with Gasteiger partial charge in [0.1, 0.15) is 17.1 Å². The summed E-state index contributed by atoms with van der Waals surface area (Å²) in [6.45, 7) is 1.69. The molecule has 2 N–H and O–H groups in total. The Balaban J connectivity index is 2.51. The van der Waals surface area contributed by atoms with Gasteiger partial charge >= 0.3 is 5.97 Å². The summed E-state index contributed by atoms with van der Waals surface area (Å²) in [5.74, 6) is -1.09. The molecule has 0 spiro atoms. The highest BCUT2D eigenvalue weighted by Crippen LogP contribution is 2.31. The van der Waals surface area contributed by atoms with Gasteiger partial charge in [-0.15, -0.1) is 0 Å². The summed E-state index contributed by atoms with van der Waals surface area (Å²) in [6.07, 6.45) is 1.42. The number of carbonyl (C=O) groups is 1. The van der Waals surface area contributed by atoms with Crippen molar-refractivity contribution in [1.29, 1.82) is 0 Å². The highest BCUT2D eigenvalue weighted by Gasteiger charge is 2.18. The molecule has 0 bridgehead atoms. The topological polar surface area (TPSA) is 105 Å². The molecular formula is C13H11N3O4. The standard InChI is InChI=1S/C13H11N3O4/c1-8-4-2-6-10(16(19)20)11(8)15-12-9(13(17)18)5-3-7-14-12/h2-7H,1H3,(H,14,15)(H,17,18). The molecule has 0 atom stereocenters. The van der Waals surface area contributed by atoms with Crippen molar-refractivity contribution in [3.8, 4) is 0 Å². The highest BCUT2D eigenvalue weighted by molar-refractivity contribution is 5.94. The fourth-order valence-corrected chi connectivity index (χ4v) is 1.76. The van der Waals surface area contributed by atoms with Crippen molar-refractivity contribution in [2.45, 2.75) is 6.92 Å². The Labute approximate surface area is 114 Å². The van der Waals surface area contributed by atoms with Gasteiger partial charge in [0, 0.05) is 12.3 Å². The van der Waals surface area contributed by atoms with Crippen LogP contribution in [0.25, 0.3) is 0 Å². The number of nitrogens with one attached hydrogen (secondary N) is 1. The number of aryl methyl sites for hydroxylation is 1. The van der Waals surface area contributed by atoms with Crippen molar-refractivity contribution in [2.24, 2.45) is 0 Å². The smallest absolute Gasteiger partial charge is 0.339 e. The molecular weight excluding hydrogens is 262 g/mol. The molecule has 0 unspecified atom stereocenters. The van der Waals surface area contributed by atoms with E-state index in [1.54, 1.807) is 19.1 Å². The molecule has 0 saturated heterocycles. The van der Waals surface area contributed by atoms with Crippen LogP contribution < -0.4 is 5.32 Å². The number of nitro groups is 1. The van der Waals surface area contributed by atoms with Gasteiger partial charge in [0.2, 0.25) is 0 Å². The zero-order valence-electron chi connectivity index (χ0n) is 10.5. The van der Waals surface area contributed by atoms with Gasteiger partial charge in [-0.05, 0) is 24.6 Å². The number of hydrogen-bond donors (Lipinski definition) is 2. The minimum atomic E-state index is -1.16. The van der Waals surface area contributed by atoms with Gasteiger partial charge in [-0.25, -0.2) is 9.78 Å². The van der Waals surface area contributed by atoms with E-state index in [1.165, 1.54) is 24.4 Å². The van der Waals surface area contributed by atoms with Gasteiger partial charge in [0.05, 0.1) is 4.92 Å². The fourth-order valence-electron chi connectivity index (χ4n) is 1.76. The Morgan fingerprint density at radius 1 is 1.35 bits per heavy atom. The van der Waals surface area contributed by atoms with Gasteiger partial charge < -0.3 is 10.4 Å². The zero-order chi connectivity index (χ0) is 14.7. The summed E-state index contributed by atoms with van der Waals surface area (Å²) in [7, 11) is 0. The van der Waals surface area contributed by atoms with Crippen molar-refractivity contribution in [3.63, 3.8) is 0 Å². The SMILES string of the molecule is Cc1cccc([N+](=O)[O-])c1Nc1ncccc1C(=O)O. The summed E-state index contributed by atoms with van der Waals surface area (Å²) in [4.78, 5) is 25.5. The van der Waals surface area contributed by atoms with E-state index in [0.717, 1.165) is 0 Å². The Hall–Kier alpha value is -2.96. The second kappa shape index (κ2) is 5.35. The Kier molecular flexibility index (Phi) is 3.60. The predicted octanol–water partition coefficient (Wildman–Crippen LogP) is 2.74. The number of para-hydroxylation sites is 1. The van der Waals surface area contributed by atoms with Gasteiger partial charge in [-0.2, -0.15) is 0 Å². The van der Waals surface area contributed by atoms with Gasteiger partial charge in [0.25, 0.3) is 5.69 Å². The normalized spacial score (nSPS) is 10.1. The van der Waals surface area contributed by atoms with Crippen LogP contribution in [0, 0.1) is 17.0 Å². The maximum Gasteiger partial charge on any atom is 0.339 e. The molecule has 2 rings (SSSR count). The van der Waals surface area contributed by atoms with Crippen LogP contribution in [0.1, 0.15) is 15.9 Å². The molecule has 0 amide bonds. The quantitative estimate of drug-likeness (QED) is 0.655. The first-order valence-electron chi connectivity index (χ1n) is 5.70. The Morgan fingerprint density at radius 3 is 2.75 bits per heavy atom. The molecule has 1 heterocycles. The first-order chi connectivity index (χ1) is 9.50. The van der Waals surface area contributed by atoms with E-state index in [0.29, 0.717) is 5.56 Å². The average Bonchev–Trinajstić information content (AvgIpc) is 2.41. The number of nitrogens with zero attached hydrogens (tertiary/aromatic N) is 2. The zero-order valence-corrected chi connectivity index (χ0v) is 10.5. The van der Waals surface area contributed by atoms with Crippen LogP contribution in [0.2, 0.25) is 0 Å². The Morgan fingerprint density at radius 2 is 2.10 bits per heavy atom. The average molecular weight is 273 g/mol. The minimum Gasteiger partial charge on any atom is -0.478 e. The summed E-state index contributed by atoms with van der Waals surface area (Å²) in [5.41, 5.74) is 0.678. The summed E-state index contributed by atoms with van der Waals surface area (Å²) in [5, 5.41) is 22.8. The number of aromatic carboxylic acids is 1. The van der Waals surface area contributed by atoms with E-state index in [1.807, 2.05) is 0 Å². The number of carboxylic acids is 1. The highest BCUT2D eigenvalue weighted by atomic mass is 16.6. The molecule has 0 aliphatic heterocycles. The number of hydrogen-bond acceptors (Lipinski definition) is 5. The fraction of sp³-hybridized carbons (Fsp3) is 0.0769. The minimum absolute atomic E-state index is 0.0509. The number of benzene rings is 1. The van der Waals surface area contributed by atoms with Crippen LogP contribution in [-0.4, -0.2) is 21.0 Å². The first kappa shape index (κ1) is 13.5. The van der Waals surface area contributed by atoms with Crippen LogP contribution in [0.4, 0.5) is 17.2 Å². The third-order valence-electron chi connectivity index (χ3n) is 2.73. The maximum absolute atomic E-state index is 11.1. The van der Waals surface area contributed by atoms with E-state index >= 15 is 0 Å². The summed E-state index contributed by atoms with van der Waals surface area (Å²) >= 11 is 0. The van der Waals surface area contributed by atoms with Crippen molar-refractivity contribution < 1.29 is 14.8 Å². The van der Waals surface area contributed by atoms with E-state index < -0.39 is 10.9 Å². The second-order valence-electron chi connectivity index (χ2n) is 4.06. The van der Waals surface area contributed by atoms with Crippen molar-refractivity contribution in [2.75, 3.05) is 5.32 Å². The van der Waals surface area contributed by atoms with Crippen molar-refractivity contribution in [3.05, 3.63) is 57.8 Å². The van der Waals surface area contributed by atoms with Gasteiger partial charge in [0.15, 0.2) is 0 Å². The molecule has 102 valence electrons. The van der Waals surface area contributed by atoms with Crippen LogP contribution in [-0.2, 0) is 0 Å². The lowest BCUT2D eigenvalue weighted by Gasteiger charge is -2.10. The molecule has 1 aromatic carbocycles. The van der Waals surface area contributed by atoms with E-state index in [-0.39, 0.29) is 22.8 Å². The van der Waals surface area contributed by atoms with Gasteiger partial charge in [-0.1, -0.05) is 12.1 Å². The number of carboxylic acid groups (broad SMARTS) is 1. The van der Waals surface area contributed by atoms with Gasteiger partial charge in [-0.3, -0.25) is 10.1 Å². The van der Waals surface area contributed by atoms with Crippen LogP contribution in [0.15, 0.2) is 36.5 Å². The maximum atomic E-state index is 11.1. The van der Waals surface area contributed by atoms with Crippen LogP contribution in [0.3, 0.4) is 0 Å². The molecule has 0 fully saturated rings. The molecule has 0 aliphatic rings. The van der Waals surface area contributed by atoms with Crippen molar-refractivity contribution >= 4 is 23.2 Å². The van der Waals surface area contributed by atoms with Crippen molar-refractivity contribution in [1.82, 2.24) is 4.98 Å². The third-order valence-corrected chi connectivity index (χ3v) is 2.73. The molecule has 0 saturated carbocycles. The van der Waals surface area contributed by atoms with Crippen LogP contribution in [0.5, 0.6) is 0 Å². The summed E-state index contributed by atoms with van der Waals surface area (Å²) in [6, 6.07) is 7.47. The lowest BCUT2D eigenvalue weighted by Crippen LogP contribution is -2.06. The number of anilines is 2. The predicted molar refractivity (Wildman–Crippen MR) is 72.3 cm³/mol. The monoisotopic (exact) mass is 273 g/mol. The summed E-state index contributed by atoms with van der Waals surface area (Å²) < 4.78 is 0. The number of pyridine rings is 1. The van der Waals surface area contributed by atoms with E-state index in [9.17, 15) is 14.9 Å². The Bertz CT molecular complexity index is 685. The molecule has 7 nitrogen and oxygen atoms in total. The second-order valence-corrected chi connectivity index (χ2v) is 4.06. The number of aromatic nitrogens is 1. The number of rotatable bonds is 4. The number of nitro benzene ring substituents is 1. The molecule has 0 aliphatic carbocycles. The molecule has 20 heavy (non-hydrogen) atoms. The molecule has 2 aromatic rings. The molecule has 7 heteroatoms. The lowest BCUT2D eigenvalue weighted by molar-refractivity contribution is -0.384.